The molecular weight excluding hydrogens is 200 g/mol. The number of piperazine rings is 1. The number of Topliss-reactive ketones (excluding diaryl/α,β-unsaturated/α-hetero) is 1. The number of unbranched alkanes of at least 4 members (excludes halogenated alkanes) is 1. The Balaban J connectivity index is 2.01. The molecule has 3 nitrogen and oxygen atoms in total. The van der Waals surface area contributed by atoms with Crippen LogP contribution in [0.25, 0.3) is 0 Å². The Kier molecular flexibility index (Phi) is 5.99. The predicted octanol–water partition coefficient (Wildman–Crippen LogP) is 1.63. The Bertz CT molecular complexity index is 208. The minimum Gasteiger partial charge on any atom is -0.304 e. The summed E-state index contributed by atoms with van der Waals surface area (Å²) in [6, 6.07) is 0. The number of hydrogen-bond acceptors (Lipinski definition) is 3. The Morgan fingerprint density at radius 2 is 1.75 bits per heavy atom. The van der Waals surface area contributed by atoms with Crippen molar-refractivity contribution < 1.29 is 4.79 Å². The highest BCUT2D eigenvalue weighted by Gasteiger charge is 2.13. The summed E-state index contributed by atoms with van der Waals surface area (Å²) in [5.74, 6) is 0.627. The van der Waals surface area contributed by atoms with Gasteiger partial charge in [0.15, 0.2) is 0 Å². The molecule has 0 atom stereocenters. The molecule has 1 rings (SSSR count). The van der Waals surface area contributed by atoms with Gasteiger partial charge in [0.25, 0.3) is 0 Å². The fourth-order valence-corrected chi connectivity index (χ4v) is 1.99. The van der Waals surface area contributed by atoms with Crippen LogP contribution in [0.1, 0.15) is 33.1 Å². The van der Waals surface area contributed by atoms with E-state index in [2.05, 4.69) is 16.8 Å². The minimum absolute atomic E-state index is 0.212. The number of carbonyl (C=O) groups excluding carboxylic acids is 1. The van der Waals surface area contributed by atoms with Gasteiger partial charge in [-0.15, -0.1) is 0 Å². The molecule has 1 fully saturated rings. The van der Waals surface area contributed by atoms with Gasteiger partial charge in [-0.05, 0) is 26.4 Å². The topological polar surface area (TPSA) is 23.6 Å². The third kappa shape index (κ3) is 5.08. The van der Waals surface area contributed by atoms with E-state index in [0.29, 0.717) is 5.78 Å². The zero-order chi connectivity index (χ0) is 12.0. The molecule has 16 heavy (non-hydrogen) atoms. The molecule has 0 N–H and O–H groups in total. The first-order valence-corrected chi connectivity index (χ1v) is 6.53. The molecule has 1 saturated heterocycles. The van der Waals surface area contributed by atoms with Crippen LogP contribution < -0.4 is 0 Å². The van der Waals surface area contributed by atoms with Gasteiger partial charge in [-0.2, -0.15) is 0 Å². The average molecular weight is 226 g/mol. The normalized spacial score (nSPS) is 19.2. The van der Waals surface area contributed by atoms with Crippen molar-refractivity contribution in [1.82, 2.24) is 9.80 Å². The Labute approximate surface area is 99.8 Å². The average Bonchev–Trinajstić information content (AvgIpc) is 2.26. The van der Waals surface area contributed by atoms with Crippen LogP contribution in [0, 0.1) is 5.92 Å². The summed E-state index contributed by atoms with van der Waals surface area (Å²) in [4.78, 5) is 16.3. The van der Waals surface area contributed by atoms with Crippen molar-refractivity contribution in [1.29, 1.82) is 0 Å². The lowest BCUT2D eigenvalue weighted by Gasteiger charge is -2.32. The van der Waals surface area contributed by atoms with Crippen LogP contribution >= 0.6 is 0 Å². The van der Waals surface area contributed by atoms with E-state index in [1.807, 2.05) is 13.8 Å². The molecule has 0 aromatic carbocycles. The van der Waals surface area contributed by atoms with Gasteiger partial charge in [-0.3, -0.25) is 4.79 Å². The molecule has 0 amide bonds. The van der Waals surface area contributed by atoms with Crippen LogP contribution in [0.4, 0.5) is 0 Å². The van der Waals surface area contributed by atoms with E-state index in [9.17, 15) is 4.79 Å². The molecule has 0 aliphatic carbocycles. The van der Waals surface area contributed by atoms with Crippen molar-refractivity contribution in [3.63, 3.8) is 0 Å². The highest BCUT2D eigenvalue weighted by Crippen LogP contribution is 2.06. The zero-order valence-corrected chi connectivity index (χ0v) is 11.0. The van der Waals surface area contributed by atoms with E-state index in [1.54, 1.807) is 0 Å². The minimum atomic E-state index is 0.212. The van der Waals surface area contributed by atoms with Gasteiger partial charge >= 0.3 is 0 Å². The highest BCUT2D eigenvalue weighted by atomic mass is 16.1. The maximum Gasteiger partial charge on any atom is 0.135 e. The second kappa shape index (κ2) is 7.02. The molecule has 0 radical (unpaired) electrons. The monoisotopic (exact) mass is 226 g/mol. The molecule has 0 bridgehead atoms. The Morgan fingerprint density at radius 1 is 1.12 bits per heavy atom. The molecule has 0 spiro atoms. The van der Waals surface area contributed by atoms with Gasteiger partial charge in [0.2, 0.25) is 0 Å². The first kappa shape index (κ1) is 13.7. The Morgan fingerprint density at radius 3 is 2.31 bits per heavy atom. The number of likely N-dealkylation sites (N-methyl/N-ethyl adjacent to an activating group) is 1. The SMILES string of the molecule is CC(C)C(=O)CCCCN1CCN(C)CC1. The van der Waals surface area contributed by atoms with Crippen LogP contribution in [-0.4, -0.2) is 55.4 Å². The maximum atomic E-state index is 11.4. The summed E-state index contributed by atoms with van der Waals surface area (Å²) in [7, 11) is 2.18. The molecule has 0 unspecified atom stereocenters. The molecule has 3 heteroatoms. The first-order chi connectivity index (χ1) is 7.59. The number of ketones is 1. The molecule has 1 aliphatic heterocycles. The van der Waals surface area contributed by atoms with Gasteiger partial charge in [0.1, 0.15) is 5.78 Å². The lowest BCUT2D eigenvalue weighted by atomic mass is 10.0. The molecule has 0 aromatic heterocycles. The van der Waals surface area contributed by atoms with Crippen LogP contribution in [-0.2, 0) is 4.79 Å². The van der Waals surface area contributed by atoms with Crippen molar-refractivity contribution >= 4 is 5.78 Å². The fourth-order valence-electron chi connectivity index (χ4n) is 1.99. The van der Waals surface area contributed by atoms with E-state index in [1.165, 1.54) is 39.1 Å². The van der Waals surface area contributed by atoms with Gasteiger partial charge in [0.05, 0.1) is 0 Å². The number of hydrogen-bond donors (Lipinski definition) is 0. The van der Waals surface area contributed by atoms with Crippen molar-refractivity contribution in [3.05, 3.63) is 0 Å². The van der Waals surface area contributed by atoms with E-state index in [4.69, 9.17) is 0 Å². The first-order valence-electron chi connectivity index (χ1n) is 6.53. The molecule has 0 aromatic rings. The number of carbonyl (C=O) groups is 1. The van der Waals surface area contributed by atoms with E-state index < -0.39 is 0 Å². The van der Waals surface area contributed by atoms with Crippen molar-refractivity contribution in [2.24, 2.45) is 5.92 Å². The number of nitrogens with zero attached hydrogens (tertiary/aromatic N) is 2. The third-order valence-corrected chi connectivity index (χ3v) is 3.39. The van der Waals surface area contributed by atoms with Gasteiger partial charge in [-0.25, -0.2) is 0 Å². The van der Waals surface area contributed by atoms with Crippen molar-refractivity contribution in [2.75, 3.05) is 39.8 Å². The summed E-state index contributed by atoms with van der Waals surface area (Å²) in [5.41, 5.74) is 0. The van der Waals surface area contributed by atoms with E-state index in [0.717, 1.165) is 12.8 Å². The van der Waals surface area contributed by atoms with Gasteiger partial charge in [-0.1, -0.05) is 13.8 Å². The van der Waals surface area contributed by atoms with Gasteiger partial charge in [0, 0.05) is 38.5 Å². The Hall–Kier alpha value is -0.410. The fraction of sp³-hybridized carbons (Fsp3) is 0.923. The number of rotatable bonds is 6. The summed E-state index contributed by atoms with van der Waals surface area (Å²) >= 11 is 0. The lowest BCUT2D eigenvalue weighted by molar-refractivity contribution is -0.122. The predicted molar refractivity (Wildman–Crippen MR) is 67.6 cm³/mol. The largest absolute Gasteiger partial charge is 0.304 e. The molecule has 1 heterocycles. The third-order valence-electron chi connectivity index (χ3n) is 3.39. The maximum absolute atomic E-state index is 11.4. The molecule has 94 valence electrons. The van der Waals surface area contributed by atoms with Crippen molar-refractivity contribution in [3.8, 4) is 0 Å². The quantitative estimate of drug-likeness (QED) is 0.643. The smallest absolute Gasteiger partial charge is 0.135 e. The summed E-state index contributed by atoms with van der Waals surface area (Å²) < 4.78 is 0. The second-order valence-electron chi connectivity index (χ2n) is 5.22. The second-order valence-corrected chi connectivity index (χ2v) is 5.22. The van der Waals surface area contributed by atoms with Crippen LogP contribution in [0.15, 0.2) is 0 Å². The summed E-state index contributed by atoms with van der Waals surface area (Å²) in [5, 5.41) is 0. The molecule has 0 saturated carbocycles. The lowest BCUT2D eigenvalue weighted by Crippen LogP contribution is -2.44. The van der Waals surface area contributed by atoms with Gasteiger partial charge < -0.3 is 9.80 Å². The van der Waals surface area contributed by atoms with Crippen LogP contribution in [0.5, 0.6) is 0 Å². The highest BCUT2D eigenvalue weighted by molar-refractivity contribution is 5.80. The van der Waals surface area contributed by atoms with Crippen molar-refractivity contribution in [2.45, 2.75) is 33.1 Å². The zero-order valence-electron chi connectivity index (χ0n) is 11.0. The van der Waals surface area contributed by atoms with Crippen LogP contribution in [0.2, 0.25) is 0 Å². The van der Waals surface area contributed by atoms with E-state index in [-0.39, 0.29) is 5.92 Å². The molecule has 1 aliphatic rings. The van der Waals surface area contributed by atoms with Crippen LogP contribution in [0.3, 0.4) is 0 Å². The van der Waals surface area contributed by atoms with E-state index >= 15 is 0 Å². The standard InChI is InChI=1S/C13H26N2O/c1-12(2)13(16)6-4-5-7-15-10-8-14(3)9-11-15/h12H,4-11H2,1-3H3. The summed E-state index contributed by atoms with van der Waals surface area (Å²) in [6.45, 7) is 9.89. The molecular formula is C13H26N2O. The summed E-state index contributed by atoms with van der Waals surface area (Å²) in [6.07, 6.45) is 3.00.